The van der Waals surface area contributed by atoms with Crippen molar-refractivity contribution in [3.8, 4) is 0 Å². The van der Waals surface area contributed by atoms with Crippen LogP contribution < -0.4 is 21.3 Å². The van der Waals surface area contributed by atoms with Crippen molar-refractivity contribution in [2.75, 3.05) is 6.54 Å². The number of amides is 4. The van der Waals surface area contributed by atoms with Crippen LogP contribution in [0.2, 0.25) is 0 Å². The maximum absolute atomic E-state index is 13.5. The fraction of sp³-hybridized carbons (Fsp3) is 0.556. The van der Waals surface area contributed by atoms with Crippen LogP contribution in [0.4, 0.5) is 4.79 Å². The highest BCUT2D eigenvalue weighted by atomic mass is 16.5. The zero-order valence-corrected chi connectivity index (χ0v) is 28.5. The first-order chi connectivity index (χ1) is 21.7. The molecule has 2 aromatic rings. The maximum Gasteiger partial charge on any atom is 0.408 e. The molecule has 0 radical (unpaired) electrons. The van der Waals surface area contributed by atoms with E-state index in [2.05, 4.69) is 21.3 Å². The average molecular weight is 639 g/mol. The van der Waals surface area contributed by atoms with Gasteiger partial charge in [-0.15, -0.1) is 0 Å². The SMILES string of the molecule is CCC(CC)NC(=O)C[C@H](C(=O)NC[C@@H](O)[C@H](Cc1ccccc1)NC(=O)[C@@H](NC(=O)OCc1ccccc1)C(C)C)C(C)(C)C. The van der Waals surface area contributed by atoms with E-state index in [9.17, 15) is 24.3 Å². The summed E-state index contributed by atoms with van der Waals surface area (Å²) in [4.78, 5) is 52.3. The highest BCUT2D eigenvalue weighted by Gasteiger charge is 2.35. The molecular formula is C36H54N4O6. The van der Waals surface area contributed by atoms with Gasteiger partial charge in [-0.25, -0.2) is 4.79 Å². The van der Waals surface area contributed by atoms with Crippen LogP contribution in [-0.2, 0) is 32.1 Å². The molecular weight excluding hydrogens is 584 g/mol. The Labute approximate surface area is 274 Å². The summed E-state index contributed by atoms with van der Waals surface area (Å²) in [6, 6.07) is 16.9. The minimum atomic E-state index is -1.16. The smallest absolute Gasteiger partial charge is 0.408 e. The lowest BCUT2D eigenvalue weighted by Crippen LogP contribution is -2.56. The van der Waals surface area contributed by atoms with Crippen molar-refractivity contribution in [2.24, 2.45) is 17.3 Å². The number of carbonyl (C=O) groups excluding carboxylic acids is 4. The summed E-state index contributed by atoms with van der Waals surface area (Å²) in [7, 11) is 0. The standard InChI is InChI=1S/C36H54N4O6/c1-8-27(9-2)38-31(42)21-28(36(5,6)7)33(43)37-22-30(41)29(20-25-16-12-10-13-17-25)39-34(44)32(24(3)4)40-35(45)46-23-26-18-14-11-15-19-26/h10-19,24,27-30,32,41H,8-9,20-23H2,1-7H3,(H,37,43)(H,38,42)(H,39,44)(H,40,45)/t28-,29+,30-,32+/m1/s1. The molecule has 10 heteroatoms. The number of hydrogen-bond acceptors (Lipinski definition) is 6. The van der Waals surface area contributed by atoms with E-state index in [1.807, 2.05) is 95.3 Å². The zero-order chi connectivity index (χ0) is 34.3. The summed E-state index contributed by atoms with van der Waals surface area (Å²) >= 11 is 0. The van der Waals surface area contributed by atoms with E-state index in [1.165, 1.54) is 0 Å². The minimum Gasteiger partial charge on any atom is -0.445 e. The highest BCUT2D eigenvalue weighted by Crippen LogP contribution is 2.29. The molecule has 0 aromatic heterocycles. The monoisotopic (exact) mass is 638 g/mol. The van der Waals surface area contributed by atoms with Gasteiger partial charge in [0.1, 0.15) is 12.6 Å². The lowest BCUT2D eigenvalue weighted by molar-refractivity contribution is -0.134. The Balaban J connectivity index is 2.12. The predicted molar refractivity (Wildman–Crippen MR) is 180 cm³/mol. The molecule has 5 N–H and O–H groups in total. The second kappa shape index (κ2) is 18.9. The predicted octanol–water partition coefficient (Wildman–Crippen LogP) is 4.50. The zero-order valence-electron chi connectivity index (χ0n) is 28.5. The highest BCUT2D eigenvalue weighted by molar-refractivity contribution is 5.87. The third-order valence-electron chi connectivity index (χ3n) is 8.11. The summed E-state index contributed by atoms with van der Waals surface area (Å²) in [5.74, 6) is -1.93. The van der Waals surface area contributed by atoms with E-state index >= 15 is 0 Å². The van der Waals surface area contributed by atoms with Gasteiger partial charge >= 0.3 is 6.09 Å². The summed E-state index contributed by atoms with van der Waals surface area (Å²) in [6.45, 7) is 13.2. The molecule has 0 bridgehead atoms. The van der Waals surface area contributed by atoms with Gasteiger partial charge in [0.25, 0.3) is 0 Å². The van der Waals surface area contributed by atoms with Gasteiger partial charge in [-0.2, -0.15) is 0 Å². The lowest BCUT2D eigenvalue weighted by atomic mass is 9.78. The van der Waals surface area contributed by atoms with E-state index in [1.54, 1.807) is 13.8 Å². The number of carbonyl (C=O) groups is 4. The molecule has 0 saturated carbocycles. The molecule has 4 atom stereocenters. The Bertz CT molecular complexity index is 1230. The maximum atomic E-state index is 13.5. The Morgan fingerprint density at radius 3 is 1.89 bits per heavy atom. The molecule has 4 amide bonds. The van der Waals surface area contributed by atoms with E-state index in [-0.39, 0.29) is 49.8 Å². The molecule has 10 nitrogen and oxygen atoms in total. The van der Waals surface area contributed by atoms with Crippen LogP contribution in [0.3, 0.4) is 0 Å². The summed E-state index contributed by atoms with van der Waals surface area (Å²) in [6.07, 6.45) is 0.0210. The van der Waals surface area contributed by atoms with Crippen molar-refractivity contribution in [1.82, 2.24) is 21.3 Å². The number of aliphatic hydroxyl groups is 1. The first-order valence-electron chi connectivity index (χ1n) is 16.3. The van der Waals surface area contributed by atoms with Crippen molar-refractivity contribution in [2.45, 2.75) is 105 Å². The fourth-order valence-corrected chi connectivity index (χ4v) is 5.08. The lowest BCUT2D eigenvalue weighted by Gasteiger charge is -2.31. The van der Waals surface area contributed by atoms with Gasteiger partial charge in [0.2, 0.25) is 17.7 Å². The van der Waals surface area contributed by atoms with Crippen molar-refractivity contribution in [3.05, 3.63) is 71.8 Å². The van der Waals surface area contributed by atoms with Gasteiger partial charge < -0.3 is 31.1 Å². The fourth-order valence-electron chi connectivity index (χ4n) is 5.08. The third-order valence-corrected chi connectivity index (χ3v) is 8.11. The molecule has 2 aromatic carbocycles. The van der Waals surface area contributed by atoms with Gasteiger partial charge in [0, 0.05) is 19.0 Å². The van der Waals surface area contributed by atoms with Crippen LogP contribution in [0.15, 0.2) is 60.7 Å². The Kier molecular flexibility index (Phi) is 15.7. The number of rotatable bonds is 17. The molecule has 0 aliphatic carbocycles. The molecule has 46 heavy (non-hydrogen) atoms. The number of ether oxygens (including phenoxy) is 1. The van der Waals surface area contributed by atoms with Crippen LogP contribution in [0, 0.1) is 17.3 Å². The summed E-state index contributed by atoms with van der Waals surface area (Å²) in [5.41, 5.74) is 1.18. The van der Waals surface area contributed by atoms with E-state index in [0.717, 1.165) is 24.0 Å². The van der Waals surface area contributed by atoms with Crippen molar-refractivity contribution >= 4 is 23.8 Å². The normalized spacial score (nSPS) is 14.1. The summed E-state index contributed by atoms with van der Waals surface area (Å²) in [5, 5.41) is 22.7. The molecule has 0 unspecified atom stereocenters. The Hall–Kier alpha value is -3.92. The number of alkyl carbamates (subject to hydrolysis) is 1. The first kappa shape index (κ1) is 38.3. The number of nitrogens with one attached hydrogen (secondary N) is 4. The van der Waals surface area contributed by atoms with Crippen LogP contribution >= 0.6 is 0 Å². The van der Waals surface area contributed by atoms with Gasteiger partial charge in [-0.3, -0.25) is 14.4 Å². The average Bonchev–Trinajstić information content (AvgIpc) is 3.02. The van der Waals surface area contributed by atoms with Gasteiger partial charge in [0.05, 0.1) is 18.1 Å². The molecule has 254 valence electrons. The van der Waals surface area contributed by atoms with Crippen LogP contribution in [0.25, 0.3) is 0 Å². The number of benzene rings is 2. The van der Waals surface area contributed by atoms with Crippen molar-refractivity contribution in [1.29, 1.82) is 0 Å². The second-order valence-corrected chi connectivity index (χ2v) is 13.2. The van der Waals surface area contributed by atoms with E-state index in [0.29, 0.717) is 0 Å². The molecule has 0 saturated heterocycles. The molecule has 0 fully saturated rings. The van der Waals surface area contributed by atoms with Crippen LogP contribution in [0.5, 0.6) is 0 Å². The molecule has 0 heterocycles. The second-order valence-electron chi connectivity index (χ2n) is 13.2. The van der Waals surface area contributed by atoms with E-state index in [4.69, 9.17) is 4.74 Å². The van der Waals surface area contributed by atoms with Gasteiger partial charge in [-0.1, -0.05) is 109 Å². The van der Waals surface area contributed by atoms with Gasteiger partial charge in [-0.05, 0) is 41.7 Å². The number of hydrogen-bond donors (Lipinski definition) is 5. The molecule has 0 spiro atoms. The minimum absolute atomic E-state index is 0.0220. The van der Waals surface area contributed by atoms with Crippen LogP contribution in [0.1, 0.15) is 78.9 Å². The number of aliphatic hydroxyl groups excluding tert-OH is 1. The molecule has 0 aliphatic rings. The van der Waals surface area contributed by atoms with Crippen LogP contribution in [-0.4, -0.2) is 59.7 Å². The largest absolute Gasteiger partial charge is 0.445 e. The molecule has 2 rings (SSSR count). The van der Waals surface area contributed by atoms with Crippen molar-refractivity contribution < 1.29 is 29.0 Å². The van der Waals surface area contributed by atoms with Gasteiger partial charge in [0.15, 0.2) is 0 Å². The Morgan fingerprint density at radius 2 is 1.37 bits per heavy atom. The topological polar surface area (TPSA) is 146 Å². The first-order valence-corrected chi connectivity index (χ1v) is 16.3. The van der Waals surface area contributed by atoms with Crippen molar-refractivity contribution in [3.63, 3.8) is 0 Å². The molecule has 0 aliphatic heterocycles. The van der Waals surface area contributed by atoms with E-state index < -0.39 is 41.5 Å². The quantitative estimate of drug-likeness (QED) is 0.173. The third kappa shape index (κ3) is 13.2. The summed E-state index contributed by atoms with van der Waals surface area (Å²) < 4.78 is 5.33. The Morgan fingerprint density at radius 1 is 0.804 bits per heavy atom.